The van der Waals surface area contributed by atoms with Crippen LogP contribution in [0.15, 0.2) is 12.3 Å². The van der Waals surface area contributed by atoms with E-state index in [1.807, 2.05) is 0 Å². The van der Waals surface area contributed by atoms with Gasteiger partial charge < -0.3 is 4.98 Å². The van der Waals surface area contributed by atoms with Crippen LogP contribution in [0.5, 0.6) is 0 Å². The predicted octanol–water partition coefficient (Wildman–Crippen LogP) is 1.30. The van der Waals surface area contributed by atoms with Gasteiger partial charge in [0.25, 0.3) is 10.1 Å². The Labute approximate surface area is 85.5 Å². The van der Waals surface area contributed by atoms with Crippen molar-refractivity contribution in [3.8, 4) is 0 Å². The Kier molecular flexibility index (Phi) is 5.07. The van der Waals surface area contributed by atoms with E-state index in [1.165, 1.54) is 0 Å². The highest BCUT2D eigenvalue weighted by atomic mass is 35.5. The predicted molar refractivity (Wildman–Crippen MR) is 51.9 cm³/mol. The molecule has 0 aliphatic carbocycles. The summed E-state index contributed by atoms with van der Waals surface area (Å²) < 4.78 is 26.3. The third-order valence-corrected chi connectivity index (χ3v) is 1.07. The molecule has 1 rings (SSSR count). The maximum atomic E-state index is 9.19. The summed E-state index contributed by atoms with van der Waals surface area (Å²) in [7, 11) is -3.67. The number of rotatable bonds is 0. The van der Waals surface area contributed by atoms with Crippen molar-refractivity contribution in [1.29, 1.82) is 0 Å². The van der Waals surface area contributed by atoms with Crippen molar-refractivity contribution in [3.63, 3.8) is 0 Å². The molecule has 0 bridgehead atoms. The lowest BCUT2D eigenvalue weighted by atomic mass is 10.7. The minimum Gasteiger partial charge on any atom is -0.321 e. The average Bonchev–Trinajstić information content (AvgIpc) is 1.81. The maximum Gasteiger partial charge on any atom is 0.261 e. The first-order valence-corrected chi connectivity index (χ1v) is 5.56. The number of nitrogens with one attached hydrogen (secondary N) is 1. The molecule has 1 aromatic heterocycles. The van der Waals surface area contributed by atoms with Crippen LogP contribution in [0.4, 0.5) is 0 Å². The highest BCUT2D eigenvalue weighted by Gasteiger charge is 1.81. The molecule has 74 valence electrons. The quantitative estimate of drug-likeness (QED) is 0.407. The lowest BCUT2D eigenvalue weighted by Gasteiger charge is -1.83. The summed E-state index contributed by atoms with van der Waals surface area (Å²) in [5.74, 6) is 0. The Bertz CT molecular complexity index is 406. The second kappa shape index (κ2) is 5.28. The zero-order valence-corrected chi connectivity index (χ0v) is 8.95. The topological polar surface area (TPSA) is 83.1 Å². The lowest BCUT2D eigenvalue weighted by Crippen LogP contribution is -1.88. The van der Waals surface area contributed by atoms with Gasteiger partial charge in [0.2, 0.25) is 0 Å². The van der Waals surface area contributed by atoms with Gasteiger partial charge in [-0.15, -0.1) is 0 Å². The molecule has 0 spiro atoms. The summed E-state index contributed by atoms with van der Waals surface area (Å²) in [6.07, 6.45) is 2.27. The van der Waals surface area contributed by atoms with E-state index in [0.29, 0.717) is 16.2 Å². The molecule has 8 heteroatoms. The molecule has 1 aromatic rings. The number of aromatic amines is 1. The second-order valence-electron chi connectivity index (χ2n) is 1.96. The van der Waals surface area contributed by atoms with Crippen LogP contribution in [0.2, 0.25) is 5.15 Å². The molecule has 5 nitrogen and oxygen atoms in total. The molecule has 0 amide bonds. The van der Waals surface area contributed by atoms with Crippen LogP contribution in [0.1, 0.15) is 0 Å². The zero-order chi connectivity index (χ0) is 10.5. The highest BCUT2D eigenvalue weighted by Crippen LogP contribution is 1.98. The normalized spacial score (nSPS) is 10.1. The lowest BCUT2D eigenvalue weighted by molar-refractivity contribution is 0.490. The van der Waals surface area contributed by atoms with Gasteiger partial charge in [0.05, 0.1) is 6.26 Å². The fourth-order valence-corrected chi connectivity index (χ4v) is 0.719. The van der Waals surface area contributed by atoms with Crippen LogP contribution >= 0.6 is 23.8 Å². The minimum absolute atomic E-state index is 0.414. The van der Waals surface area contributed by atoms with Gasteiger partial charge in [-0.1, -0.05) is 11.6 Å². The molecule has 0 aliphatic rings. The zero-order valence-electron chi connectivity index (χ0n) is 6.56. The third kappa shape index (κ3) is 11.5. The van der Waals surface area contributed by atoms with Crippen molar-refractivity contribution in [1.82, 2.24) is 9.97 Å². The smallest absolute Gasteiger partial charge is 0.261 e. The molecule has 0 radical (unpaired) electrons. The highest BCUT2D eigenvalue weighted by molar-refractivity contribution is 7.85. The summed E-state index contributed by atoms with van der Waals surface area (Å²) in [4.78, 5) is 6.35. The van der Waals surface area contributed by atoms with Gasteiger partial charge in [-0.3, -0.25) is 4.55 Å². The van der Waals surface area contributed by atoms with Crippen molar-refractivity contribution < 1.29 is 13.0 Å². The Morgan fingerprint density at radius 2 is 2.15 bits per heavy atom. The van der Waals surface area contributed by atoms with E-state index < -0.39 is 10.1 Å². The van der Waals surface area contributed by atoms with Gasteiger partial charge in [-0.05, 0) is 18.3 Å². The number of hydrogen-bond acceptors (Lipinski definition) is 4. The van der Waals surface area contributed by atoms with E-state index in [0.717, 1.165) is 0 Å². The van der Waals surface area contributed by atoms with E-state index in [2.05, 4.69) is 22.2 Å². The Morgan fingerprint density at radius 1 is 1.69 bits per heavy atom. The van der Waals surface area contributed by atoms with E-state index in [4.69, 9.17) is 16.2 Å². The minimum atomic E-state index is -3.67. The number of H-pyrrole nitrogens is 1. The van der Waals surface area contributed by atoms with Crippen LogP contribution in [-0.4, -0.2) is 29.2 Å². The molecule has 0 aliphatic heterocycles. The standard InChI is InChI=1S/C4H3ClN2S.CH4O3S/c5-3-1-2-6-4(8)7-3;1-5(2,3)4/h1-2H,(H,6,7,8);1H3,(H,2,3,4). The van der Waals surface area contributed by atoms with Gasteiger partial charge in [-0.25, -0.2) is 4.98 Å². The van der Waals surface area contributed by atoms with E-state index in [9.17, 15) is 8.42 Å². The number of aromatic nitrogens is 2. The van der Waals surface area contributed by atoms with Gasteiger partial charge in [-0.2, -0.15) is 8.42 Å². The Hall–Kier alpha value is -0.500. The molecule has 0 saturated carbocycles. The fourth-order valence-electron chi connectivity index (χ4n) is 0.347. The van der Waals surface area contributed by atoms with Crippen molar-refractivity contribution in [3.05, 3.63) is 22.2 Å². The van der Waals surface area contributed by atoms with Crippen molar-refractivity contribution in [2.45, 2.75) is 0 Å². The van der Waals surface area contributed by atoms with Gasteiger partial charge >= 0.3 is 0 Å². The first-order chi connectivity index (χ1) is 5.79. The Balaban J connectivity index is 0.000000252. The molecule has 13 heavy (non-hydrogen) atoms. The molecule has 0 saturated heterocycles. The van der Waals surface area contributed by atoms with Crippen LogP contribution in [0.25, 0.3) is 0 Å². The molecule has 2 N–H and O–H groups in total. The fraction of sp³-hybridized carbons (Fsp3) is 0.200. The van der Waals surface area contributed by atoms with Gasteiger partial charge in [0, 0.05) is 6.20 Å². The molecular weight excluding hydrogens is 236 g/mol. The van der Waals surface area contributed by atoms with Crippen LogP contribution in [-0.2, 0) is 10.1 Å². The molecular formula is C5H7ClN2O3S2. The molecule has 0 unspecified atom stereocenters. The van der Waals surface area contributed by atoms with E-state index in [1.54, 1.807) is 12.3 Å². The molecule has 0 fully saturated rings. The summed E-state index contributed by atoms with van der Waals surface area (Å²) in [6.45, 7) is 0. The van der Waals surface area contributed by atoms with Gasteiger partial charge in [0.15, 0.2) is 4.77 Å². The first kappa shape index (κ1) is 12.5. The number of hydrogen-bond donors (Lipinski definition) is 2. The first-order valence-electron chi connectivity index (χ1n) is 2.92. The number of nitrogens with zero attached hydrogens (tertiary/aromatic N) is 1. The molecule has 0 atom stereocenters. The van der Waals surface area contributed by atoms with Crippen molar-refractivity contribution in [2.75, 3.05) is 6.26 Å². The summed E-state index contributed by atoms with van der Waals surface area (Å²) >= 11 is 10.1. The molecule has 1 heterocycles. The van der Waals surface area contributed by atoms with Crippen LogP contribution < -0.4 is 0 Å². The van der Waals surface area contributed by atoms with E-state index in [-0.39, 0.29) is 0 Å². The SMILES string of the molecule is CS(=O)(=O)O.S=c1nccc(Cl)[nH]1. The van der Waals surface area contributed by atoms with E-state index >= 15 is 0 Å². The third-order valence-electron chi connectivity index (χ3n) is 0.639. The molecule has 0 aromatic carbocycles. The van der Waals surface area contributed by atoms with Crippen LogP contribution in [0, 0.1) is 4.77 Å². The summed E-state index contributed by atoms with van der Waals surface area (Å²) in [5, 5.41) is 0.519. The Morgan fingerprint density at radius 3 is 2.38 bits per heavy atom. The van der Waals surface area contributed by atoms with Crippen LogP contribution in [0.3, 0.4) is 0 Å². The number of halogens is 1. The second-order valence-corrected chi connectivity index (χ2v) is 4.22. The van der Waals surface area contributed by atoms with Gasteiger partial charge in [0.1, 0.15) is 5.15 Å². The summed E-state index contributed by atoms with van der Waals surface area (Å²) in [5.41, 5.74) is 0. The van der Waals surface area contributed by atoms with Crippen molar-refractivity contribution >= 4 is 33.9 Å². The monoisotopic (exact) mass is 242 g/mol. The average molecular weight is 243 g/mol. The maximum absolute atomic E-state index is 9.19. The summed E-state index contributed by atoms with van der Waals surface area (Å²) in [6, 6.07) is 1.64. The van der Waals surface area contributed by atoms with Crippen molar-refractivity contribution in [2.24, 2.45) is 0 Å². The largest absolute Gasteiger partial charge is 0.321 e.